The number of pyridine rings is 1. The van der Waals surface area contributed by atoms with Crippen molar-refractivity contribution in [3.8, 4) is 0 Å². The van der Waals surface area contributed by atoms with Gasteiger partial charge in [0.05, 0.1) is 11.6 Å². The number of aryl methyl sites for hydroxylation is 1. The molecule has 0 saturated heterocycles. The van der Waals surface area contributed by atoms with Gasteiger partial charge in [0.25, 0.3) is 5.56 Å². The van der Waals surface area contributed by atoms with Crippen molar-refractivity contribution in [2.24, 2.45) is 0 Å². The SMILES string of the molecule is CC(=O)C(C)n1c(=O)cc(C)c2ccccc21. The molecule has 0 aliphatic heterocycles. The molecule has 1 aromatic heterocycles. The maximum atomic E-state index is 12.0. The lowest BCUT2D eigenvalue weighted by Gasteiger charge is -2.16. The van der Waals surface area contributed by atoms with Crippen LogP contribution in [0, 0.1) is 6.92 Å². The van der Waals surface area contributed by atoms with Crippen LogP contribution in [-0.4, -0.2) is 10.4 Å². The third kappa shape index (κ3) is 1.88. The van der Waals surface area contributed by atoms with Crippen LogP contribution in [0.5, 0.6) is 0 Å². The van der Waals surface area contributed by atoms with Crippen molar-refractivity contribution in [1.82, 2.24) is 4.57 Å². The Kier molecular flexibility index (Phi) is 2.84. The Hall–Kier alpha value is -1.90. The summed E-state index contributed by atoms with van der Waals surface area (Å²) in [7, 11) is 0. The molecular weight excluding hydrogens is 214 g/mol. The average Bonchev–Trinajstić information content (AvgIpc) is 2.28. The number of fused-ring (bicyclic) bond motifs is 1. The van der Waals surface area contributed by atoms with Crippen molar-refractivity contribution >= 4 is 16.7 Å². The Morgan fingerprint density at radius 1 is 1.29 bits per heavy atom. The minimum atomic E-state index is -0.423. The Balaban J connectivity index is 2.87. The number of hydrogen-bond acceptors (Lipinski definition) is 2. The van der Waals surface area contributed by atoms with Crippen LogP contribution >= 0.6 is 0 Å². The first-order valence-electron chi connectivity index (χ1n) is 5.63. The van der Waals surface area contributed by atoms with Gasteiger partial charge in [-0.2, -0.15) is 0 Å². The molecule has 17 heavy (non-hydrogen) atoms. The second-order valence-electron chi connectivity index (χ2n) is 4.34. The molecule has 0 N–H and O–H groups in total. The van der Waals surface area contributed by atoms with Gasteiger partial charge in [-0.05, 0) is 32.4 Å². The highest BCUT2D eigenvalue weighted by Gasteiger charge is 2.15. The van der Waals surface area contributed by atoms with Crippen molar-refractivity contribution in [3.63, 3.8) is 0 Å². The minimum Gasteiger partial charge on any atom is -0.298 e. The van der Waals surface area contributed by atoms with Crippen LogP contribution in [0.25, 0.3) is 10.9 Å². The zero-order valence-electron chi connectivity index (χ0n) is 10.2. The summed E-state index contributed by atoms with van der Waals surface area (Å²) in [5.74, 6) is -0.0129. The number of aromatic nitrogens is 1. The normalized spacial score (nSPS) is 12.6. The smallest absolute Gasteiger partial charge is 0.251 e. The molecule has 3 nitrogen and oxygen atoms in total. The number of benzene rings is 1. The topological polar surface area (TPSA) is 39.1 Å². The molecule has 0 spiro atoms. The number of para-hydroxylation sites is 1. The van der Waals surface area contributed by atoms with Crippen molar-refractivity contribution in [2.75, 3.05) is 0 Å². The summed E-state index contributed by atoms with van der Waals surface area (Å²) >= 11 is 0. The Labute approximate surface area is 99.7 Å². The summed E-state index contributed by atoms with van der Waals surface area (Å²) in [4.78, 5) is 23.5. The van der Waals surface area contributed by atoms with E-state index < -0.39 is 6.04 Å². The quantitative estimate of drug-likeness (QED) is 0.793. The van der Waals surface area contributed by atoms with Crippen LogP contribution < -0.4 is 5.56 Å². The molecule has 2 rings (SSSR count). The van der Waals surface area contributed by atoms with E-state index >= 15 is 0 Å². The van der Waals surface area contributed by atoms with E-state index in [1.807, 2.05) is 31.2 Å². The molecule has 0 fully saturated rings. The van der Waals surface area contributed by atoms with E-state index in [-0.39, 0.29) is 11.3 Å². The van der Waals surface area contributed by atoms with Crippen molar-refractivity contribution < 1.29 is 4.79 Å². The predicted molar refractivity (Wildman–Crippen MR) is 68.3 cm³/mol. The van der Waals surface area contributed by atoms with Gasteiger partial charge in [-0.3, -0.25) is 14.2 Å². The molecule has 0 radical (unpaired) electrons. The zero-order valence-corrected chi connectivity index (χ0v) is 10.2. The van der Waals surface area contributed by atoms with Crippen LogP contribution in [0.1, 0.15) is 25.5 Å². The standard InChI is InChI=1S/C14H15NO2/c1-9-8-14(17)15(10(2)11(3)16)13-7-5-4-6-12(9)13/h4-8,10H,1-3H3. The third-order valence-electron chi connectivity index (χ3n) is 3.14. The second-order valence-corrected chi connectivity index (χ2v) is 4.34. The number of carbonyl (C=O) groups is 1. The van der Waals surface area contributed by atoms with Crippen LogP contribution in [0.3, 0.4) is 0 Å². The summed E-state index contributed by atoms with van der Waals surface area (Å²) in [6.45, 7) is 5.17. The average molecular weight is 229 g/mol. The van der Waals surface area contributed by atoms with E-state index in [1.54, 1.807) is 17.6 Å². The molecule has 1 unspecified atom stereocenters. The summed E-state index contributed by atoms with van der Waals surface area (Å²) in [6.07, 6.45) is 0. The first kappa shape index (κ1) is 11.6. The van der Waals surface area contributed by atoms with E-state index in [2.05, 4.69) is 0 Å². The maximum Gasteiger partial charge on any atom is 0.251 e. The zero-order chi connectivity index (χ0) is 12.6. The molecule has 0 amide bonds. The lowest BCUT2D eigenvalue weighted by molar-refractivity contribution is -0.119. The van der Waals surface area contributed by atoms with E-state index in [1.165, 1.54) is 6.92 Å². The molecule has 0 aliphatic carbocycles. The fraction of sp³-hybridized carbons (Fsp3) is 0.286. The Morgan fingerprint density at radius 2 is 1.94 bits per heavy atom. The fourth-order valence-corrected chi connectivity index (χ4v) is 2.05. The minimum absolute atomic E-state index is 0.0129. The number of rotatable bonds is 2. The molecule has 0 saturated carbocycles. The highest BCUT2D eigenvalue weighted by molar-refractivity contribution is 5.86. The summed E-state index contributed by atoms with van der Waals surface area (Å²) in [5.41, 5.74) is 1.64. The third-order valence-corrected chi connectivity index (χ3v) is 3.14. The molecule has 1 atom stereocenters. The molecule has 0 aliphatic rings. The summed E-state index contributed by atoms with van der Waals surface area (Å²) < 4.78 is 1.56. The first-order chi connectivity index (χ1) is 8.02. The summed E-state index contributed by atoms with van der Waals surface area (Å²) in [5, 5.41) is 1.01. The van der Waals surface area contributed by atoms with Crippen molar-refractivity contribution in [3.05, 3.63) is 46.2 Å². The van der Waals surface area contributed by atoms with Crippen LogP contribution in [-0.2, 0) is 4.79 Å². The van der Waals surface area contributed by atoms with Crippen LogP contribution in [0.15, 0.2) is 35.1 Å². The van der Waals surface area contributed by atoms with Gasteiger partial charge in [0.15, 0.2) is 5.78 Å². The van der Waals surface area contributed by atoms with E-state index in [0.717, 1.165) is 16.5 Å². The van der Waals surface area contributed by atoms with Gasteiger partial charge < -0.3 is 0 Å². The van der Waals surface area contributed by atoms with Gasteiger partial charge in [0.2, 0.25) is 0 Å². The predicted octanol–water partition coefficient (Wildman–Crippen LogP) is 2.46. The highest BCUT2D eigenvalue weighted by atomic mass is 16.1. The molecule has 1 heterocycles. The van der Waals surface area contributed by atoms with E-state index in [0.29, 0.717) is 0 Å². The fourth-order valence-electron chi connectivity index (χ4n) is 2.05. The van der Waals surface area contributed by atoms with Crippen LogP contribution in [0.2, 0.25) is 0 Å². The van der Waals surface area contributed by atoms with Gasteiger partial charge in [0.1, 0.15) is 0 Å². The largest absolute Gasteiger partial charge is 0.298 e. The molecule has 2 aromatic rings. The van der Waals surface area contributed by atoms with Crippen LogP contribution in [0.4, 0.5) is 0 Å². The second kappa shape index (κ2) is 4.17. The molecule has 0 bridgehead atoms. The maximum absolute atomic E-state index is 12.0. The Morgan fingerprint density at radius 3 is 2.59 bits per heavy atom. The van der Waals surface area contributed by atoms with E-state index in [4.69, 9.17) is 0 Å². The van der Waals surface area contributed by atoms with Gasteiger partial charge in [-0.1, -0.05) is 18.2 Å². The number of ketones is 1. The van der Waals surface area contributed by atoms with Crippen molar-refractivity contribution in [2.45, 2.75) is 26.8 Å². The number of carbonyl (C=O) groups excluding carboxylic acids is 1. The lowest BCUT2D eigenvalue weighted by atomic mass is 10.1. The van der Waals surface area contributed by atoms with Gasteiger partial charge in [-0.15, -0.1) is 0 Å². The molecule has 3 heteroatoms. The number of hydrogen-bond donors (Lipinski definition) is 0. The monoisotopic (exact) mass is 229 g/mol. The summed E-state index contributed by atoms with van der Waals surface area (Å²) in [6, 6.07) is 8.82. The lowest BCUT2D eigenvalue weighted by Crippen LogP contribution is -2.27. The first-order valence-corrected chi connectivity index (χ1v) is 5.63. The number of nitrogens with zero attached hydrogens (tertiary/aromatic N) is 1. The van der Waals surface area contributed by atoms with E-state index in [9.17, 15) is 9.59 Å². The highest BCUT2D eigenvalue weighted by Crippen LogP contribution is 2.19. The molecule has 88 valence electrons. The Bertz CT molecular complexity index is 640. The number of Topliss-reactive ketones (excluding diaryl/α,β-unsaturated/α-hetero) is 1. The van der Waals surface area contributed by atoms with Gasteiger partial charge >= 0.3 is 0 Å². The van der Waals surface area contributed by atoms with Gasteiger partial charge in [-0.25, -0.2) is 0 Å². The van der Waals surface area contributed by atoms with Crippen molar-refractivity contribution in [1.29, 1.82) is 0 Å². The molecule has 1 aromatic carbocycles. The molecular formula is C14H15NO2. The van der Waals surface area contributed by atoms with Gasteiger partial charge in [0, 0.05) is 11.5 Å².